The number of allylic oxidation sites excluding steroid dienone is 1. The molecule has 0 aromatic rings. The standard InChI is InChI=1S/C18H33NS/c1-2-12-19-18(15-16-10-13-20-14-11-16)17-8-6-4-3-5-7-9-17/h8,16,18-19H,2-7,9-15H2,1H3. The second-order valence-corrected chi connectivity index (χ2v) is 7.75. The molecule has 1 aliphatic carbocycles. The van der Waals surface area contributed by atoms with E-state index in [2.05, 4.69) is 30.1 Å². The van der Waals surface area contributed by atoms with E-state index < -0.39 is 0 Å². The quantitative estimate of drug-likeness (QED) is 0.679. The molecule has 1 saturated heterocycles. The normalized spacial score (nSPS) is 23.8. The van der Waals surface area contributed by atoms with Crippen molar-refractivity contribution in [2.75, 3.05) is 18.1 Å². The molecule has 1 atom stereocenters. The summed E-state index contributed by atoms with van der Waals surface area (Å²) in [5.74, 6) is 3.76. The first kappa shape index (κ1) is 16.4. The molecule has 1 fully saturated rings. The third kappa shape index (κ3) is 5.81. The van der Waals surface area contributed by atoms with Crippen LogP contribution in [0.5, 0.6) is 0 Å². The molecule has 0 aromatic carbocycles. The SMILES string of the molecule is CCCNC(CC1CCSCC1)C1=CCCCCCC1. The van der Waals surface area contributed by atoms with Crippen molar-refractivity contribution in [1.29, 1.82) is 0 Å². The predicted molar refractivity (Wildman–Crippen MR) is 92.5 cm³/mol. The average molecular weight is 296 g/mol. The Morgan fingerprint density at radius 3 is 2.80 bits per heavy atom. The van der Waals surface area contributed by atoms with Gasteiger partial charge < -0.3 is 5.32 Å². The molecular formula is C18H33NS. The van der Waals surface area contributed by atoms with Crippen molar-refractivity contribution in [1.82, 2.24) is 5.32 Å². The van der Waals surface area contributed by atoms with Gasteiger partial charge in [-0.1, -0.05) is 31.4 Å². The first-order valence-corrected chi connectivity index (χ1v) is 10.1. The molecule has 2 heteroatoms. The number of hydrogen-bond donors (Lipinski definition) is 1. The summed E-state index contributed by atoms with van der Waals surface area (Å²) in [6.07, 6.45) is 16.5. The molecular weight excluding hydrogens is 262 g/mol. The number of nitrogens with one attached hydrogen (secondary N) is 1. The van der Waals surface area contributed by atoms with Crippen LogP contribution >= 0.6 is 11.8 Å². The second kappa shape index (κ2) is 9.89. The molecule has 1 unspecified atom stereocenters. The Hall–Kier alpha value is 0.0500. The largest absolute Gasteiger partial charge is 0.310 e. The Bertz CT molecular complexity index is 281. The maximum atomic E-state index is 3.86. The zero-order valence-electron chi connectivity index (χ0n) is 13.3. The minimum absolute atomic E-state index is 0.682. The van der Waals surface area contributed by atoms with Crippen molar-refractivity contribution in [3.63, 3.8) is 0 Å². The fourth-order valence-corrected chi connectivity index (χ4v) is 4.74. The first-order valence-electron chi connectivity index (χ1n) is 8.90. The average Bonchev–Trinajstić information content (AvgIpc) is 2.45. The van der Waals surface area contributed by atoms with Crippen LogP contribution in [0.15, 0.2) is 11.6 Å². The van der Waals surface area contributed by atoms with Gasteiger partial charge in [0, 0.05) is 6.04 Å². The van der Waals surface area contributed by atoms with Crippen LogP contribution in [-0.2, 0) is 0 Å². The summed E-state index contributed by atoms with van der Waals surface area (Å²) in [4.78, 5) is 0. The third-order valence-corrected chi connectivity index (χ3v) is 5.87. The Morgan fingerprint density at radius 1 is 1.20 bits per heavy atom. The smallest absolute Gasteiger partial charge is 0.0282 e. The van der Waals surface area contributed by atoms with Gasteiger partial charge >= 0.3 is 0 Å². The minimum Gasteiger partial charge on any atom is -0.310 e. The van der Waals surface area contributed by atoms with E-state index in [9.17, 15) is 0 Å². The van der Waals surface area contributed by atoms with Gasteiger partial charge in [-0.15, -0.1) is 0 Å². The number of rotatable bonds is 6. The lowest BCUT2D eigenvalue weighted by Crippen LogP contribution is -2.34. The highest BCUT2D eigenvalue weighted by molar-refractivity contribution is 7.99. The van der Waals surface area contributed by atoms with Crippen molar-refractivity contribution in [2.45, 2.75) is 77.2 Å². The van der Waals surface area contributed by atoms with E-state index in [-0.39, 0.29) is 0 Å². The van der Waals surface area contributed by atoms with Crippen LogP contribution in [-0.4, -0.2) is 24.1 Å². The lowest BCUT2D eigenvalue weighted by molar-refractivity contribution is 0.382. The zero-order chi connectivity index (χ0) is 14.0. The molecule has 0 saturated carbocycles. The van der Waals surface area contributed by atoms with Gasteiger partial charge in [0.15, 0.2) is 0 Å². The van der Waals surface area contributed by atoms with Gasteiger partial charge in [-0.05, 0) is 75.3 Å². The van der Waals surface area contributed by atoms with E-state index in [0.717, 1.165) is 5.92 Å². The van der Waals surface area contributed by atoms with E-state index >= 15 is 0 Å². The van der Waals surface area contributed by atoms with Crippen molar-refractivity contribution in [3.8, 4) is 0 Å². The molecule has 116 valence electrons. The number of hydrogen-bond acceptors (Lipinski definition) is 2. The van der Waals surface area contributed by atoms with Gasteiger partial charge in [0.05, 0.1) is 0 Å². The lowest BCUT2D eigenvalue weighted by Gasteiger charge is -2.29. The van der Waals surface area contributed by atoms with Gasteiger partial charge in [-0.25, -0.2) is 0 Å². The highest BCUT2D eigenvalue weighted by atomic mass is 32.2. The summed E-state index contributed by atoms with van der Waals surface area (Å²) in [6.45, 7) is 3.47. The van der Waals surface area contributed by atoms with Crippen molar-refractivity contribution < 1.29 is 0 Å². The molecule has 1 nitrogen and oxygen atoms in total. The molecule has 2 aliphatic rings. The Kier molecular flexibility index (Phi) is 8.12. The third-order valence-electron chi connectivity index (χ3n) is 4.82. The van der Waals surface area contributed by atoms with Crippen LogP contribution in [0.4, 0.5) is 0 Å². The van der Waals surface area contributed by atoms with Gasteiger partial charge in [-0.3, -0.25) is 0 Å². The van der Waals surface area contributed by atoms with Crippen LogP contribution in [0, 0.1) is 5.92 Å². The Labute approximate surface area is 130 Å². The fourth-order valence-electron chi connectivity index (χ4n) is 3.53. The highest BCUT2D eigenvalue weighted by Gasteiger charge is 2.21. The molecule has 0 aromatic heterocycles. The van der Waals surface area contributed by atoms with E-state index in [1.54, 1.807) is 5.57 Å². The number of thioether (sulfide) groups is 1. The van der Waals surface area contributed by atoms with Crippen LogP contribution in [0.3, 0.4) is 0 Å². The minimum atomic E-state index is 0.682. The summed E-state index contributed by atoms with van der Waals surface area (Å²) >= 11 is 2.15. The molecule has 20 heavy (non-hydrogen) atoms. The molecule has 1 aliphatic heterocycles. The van der Waals surface area contributed by atoms with Crippen molar-refractivity contribution >= 4 is 11.8 Å². The van der Waals surface area contributed by atoms with E-state index in [1.165, 1.54) is 82.3 Å². The predicted octanol–water partition coefficient (Wildman–Crippen LogP) is 5.17. The van der Waals surface area contributed by atoms with Crippen LogP contribution < -0.4 is 5.32 Å². The van der Waals surface area contributed by atoms with Crippen molar-refractivity contribution in [2.24, 2.45) is 5.92 Å². The summed E-state index contributed by atoms with van der Waals surface area (Å²) in [5.41, 5.74) is 1.75. The van der Waals surface area contributed by atoms with Crippen LogP contribution in [0.25, 0.3) is 0 Å². The molecule has 0 radical (unpaired) electrons. The molecule has 0 spiro atoms. The van der Waals surface area contributed by atoms with Gasteiger partial charge in [-0.2, -0.15) is 11.8 Å². The monoisotopic (exact) mass is 295 g/mol. The van der Waals surface area contributed by atoms with E-state index in [0.29, 0.717) is 6.04 Å². The molecule has 1 N–H and O–H groups in total. The summed E-state index contributed by atoms with van der Waals surface area (Å²) < 4.78 is 0. The second-order valence-electron chi connectivity index (χ2n) is 6.53. The summed E-state index contributed by atoms with van der Waals surface area (Å²) in [6, 6.07) is 0.682. The maximum absolute atomic E-state index is 3.86. The van der Waals surface area contributed by atoms with Crippen LogP contribution in [0.1, 0.15) is 71.1 Å². The van der Waals surface area contributed by atoms with Crippen LogP contribution in [0.2, 0.25) is 0 Å². The van der Waals surface area contributed by atoms with E-state index in [4.69, 9.17) is 0 Å². The fraction of sp³-hybridized carbons (Fsp3) is 0.889. The zero-order valence-corrected chi connectivity index (χ0v) is 14.1. The topological polar surface area (TPSA) is 12.0 Å². The molecule has 0 bridgehead atoms. The van der Waals surface area contributed by atoms with Gasteiger partial charge in [0.2, 0.25) is 0 Å². The first-order chi connectivity index (χ1) is 9.90. The summed E-state index contributed by atoms with van der Waals surface area (Å²) in [5, 5.41) is 3.86. The lowest BCUT2D eigenvalue weighted by atomic mass is 9.87. The highest BCUT2D eigenvalue weighted by Crippen LogP contribution is 2.30. The Balaban J connectivity index is 1.92. The van der Waals surface area contributed by atoms with Gasteiger partial charge in [0.25, 0.3) is 0 Å². The Morgan fingerprint density at radius 2 is 2.00 bits per heavy atom. The van der Waals surface area contributed by atoms with E-state index in [1.807, 2.05) is 0 Å². The molecule has 1 heterocycles. The molecule has 2 rings (SSSR count). The van der Waals surface area contributed by atoms with Gasteiger partial charge in [0.1, 0.15) is 0 Å². The molecule has 0 amide bonds. The summed E-state index contributed by atoms with van der Waals surface area (Å²) in [7, 11) is 0. The van der Waals surface area contributed by atoms with Crippen molar-refractivity contribution in [3.05, 3.63) is 11.6 Å². The maximum Gasteiger partial charge on any atom is 0.0282 e.